The molecule has 1 aliphatic rings. The Morgan fingerprint density at radius 1 is 1.40 bits per heavy atom. The van der Waals surface area contributed by atoms with Crippen molar-refractivity contribution in [1.29, 1.82) is 0 Å². The third kappa shape index (κ3) is 2.84. The normalized spacial score (nSPS) is 33.0. The van der Waals surface area contributed by atoms with Gasteiger partial charge in [-0.05, 0) is 12.8 Å². The molecular weight excluding hydrogens is 154 g/mol. The van der Waals surface area contributed by atoms with Gasteiger partial charge in [0.2, 0.25) is 0 Å². The molecule has 0 aromatic carbocycles. The zero-order valence-electron chi connectivity index (χ0n) is 5.79. The van der Waals surface area contributed by atoms with Crippen molar-refractivity contribution in [1.82, 2.24) is 5.32 Å². The molecule has 3 N–H and O–H groups in total. The lowest BCUT2D eigenvalue weighted by Gasteiger charge is -2.25. The summed E-state index contributed by atoms with van der Waals surface area (Å²) in [7, 11) is 0. The summed E-state index contributed by atoms with van der Waals surface area (Å²) in [5.74, 6) is 0. The van der Waals surface area contributed by atoms with Gasteiger partial charge in [0.15, 0.2) is 0 Å². The highest BCUT2D eigenvalue weighted by molar-refractivity contribution is 5.85. The fourth-order valence-corrected chi connectivity index (χ4v) is 1.06. The van der Waals surface area contributed by atoms with Crippen LogP contribution in [0.1, 0.15) is 12.8 Å². The lowest BCUT2D eigenvalue weighted by molar-refractivity contribution is 0.108. The molecule has 0 spiro atoms. The molecule has 1 fully saturated rings. The molecule has 1 heterocycles. The molecular formula is C6H14ClNO2. The van der Waals surface area contributed by atoms with Crippen molar-refractivity contribution in [2.45, 2.75) is 25.0 Å². The van der Waals surface area contributed by atoms with Gasteiger partial charge in [0, 0.05) is 12.6 Å². The number of hydrogen-bond acceptors (Lipinski definition) is 3. The second kappa shape index (κ2) is 4.91. The topological polar surface area (TPSA) is 52.5 Å². The van der Waals surface area contributed by atoms with Gasteiger partial charge in [-0.15, -0.1) is 12.4 Å². The number of hydrogen-bond donors (Lipinski definition) is 3. The Morgan fingerprint density at radius 3 is 2.50 bits per heavy atom. The number of aliphatic hydroxyl groups is 2. The maximum atomic E-state index is 8.98. The van der Waals surface area contributed by atoms with Gasteiger partial charge in [-0.25, -0.2) is 0 Å². The zero-order chi connectivity index (χ0) is 6.69. The zero-order valence-corrected chi connectivity index (χ0v) is 6.60. The minimum absolute atomic E-state index is 0. The summed E-state index contributed by atoms with van der Waals surface area (Å²) in [5, 5.41) is 20.6. The summed E-state index contributed by atoms with van der Waals surface area (Å²) in [4.78, 5) is 0. The molecule has 0 amide bonds. The van der Waals surface area contributed by atoms with Crippen LogP contribution in [0, 0.1) is 0 Å². The van der Waals surface area contributed by atoms with Gasteiger partial charge in [0.05, 0.1) is 12.7 Å². The van der Waals surface area contributed by atoms with E-state index in [9.17, 15) is 0 Å². The van der Waals surface area contributed by atoms with E-state index in [1.165, 1.54) is 0 Å². The van der Waals surface area contributed by atoms with Gasteiger partial charge in [-0.3, -0.25) is 0 Å². The minimum Gasteiger partial charge on any atom is -0.395 e. The largest absolute Gasteiger partial charge is 0.395 e. The third-order valence-electron chi connectivity index (χ3n) is 1.71. The number of β-amino-alcohol motifs (C(OH)–C–C–N with tert-alkyl or cyclic N) is 1. The van der Waals surface area contributed by atoms with Gasteiger partial charge >= 0.3 is 0 Å². The molecule has 1 saturated heterocycles. The van der Waals surface area contributed by atoms with Crippen LogP contribution in [0.4, 0.5) is 0 Å². The van der Waals surface area contributed by atoms with Crippen molar-refractivity contribution in [2.75, 3.05) is 13.2 Å². The first kappa shape index (κ1) is 10.2. The van der Waals surface area contributed by atoms with Crippen molar-refractivity contribution in [2.24, 2.45) is 0 Å². The standard InChI is InChI=1S/C6H13NO2.ClH/c8-4-5-1-2-6(9)3-7-5;/h5-9H,1-4H2;1H/t5-,6-;/m1./s1. The van der Waals surface area contributed by atoms with Gasteiger partial charge in [-0.2, -0.15) is 0 Å². The van der Waals surface area contributed by atoms with Crippen LogP contribution < -0.4 is 5.32 Å². The van der Waals surface area contributed by atoms with E-state index in [0.717, 1.165) is 12.8 Å². The number of nitrogens with one attached hydrogen (secondary N) is 1. The van der Waals surface area contributed by atoms with Crippen molar-refractivity contribution in [3.63, 3.8) is 0 Å². The molecule has 0 aliphatic carbocycles. The van der Waals surface area contributed by atoms with Crippen molar-refractivity contribution in [3.05, 3.63) is 0 Å². The smallest absolute Gasteiger partial charge is 0.0665 e. The Balaban J connectivity index is 0.000000810. The first-order valence-corrected chi connectivity index (χ1v) is 3.35. The number of aliphatic hydroxyl groups excluding tert-OH is 2. The highest BCUT2D eigenvalue weighted by atomic mass is 35.5. The van der Waals surface area contributed by atoms with E-state index < -0.39 is 0 Å². The second-order valence-electron chi connectivity index (χ2n) is 2.52. The molecule has 3 nitrogen and oxygen atoms in total. The molecule has 2 atom stereocenters. The summed E-state index contributed by atoms with van der Waals surface area (Å²) in [6.45, 7) is 0.817. The van der Waals surface area contributed by atoms with Crippen LogP contribution in [0.5, 0.6) is 0 Å². The van der Waals surface area contributed by atoms with Gasteiger partial charge < -0.3 is 15.5 Å². The van der Waals surface area contributed by atoms with Crippen LogP contribution in [0.15, 0.2) is 0 Å². The Kier molecular flexibility index (Phi) is 4.99. The molecule has 62 valence electrons. The molecule has 10 heavy (non-hydrogen) atoms. The number of halogens is 1. The fraction of sp³-hybridized carbons (Fsp3) is 1.00. The van der Waals surface area contributed by atoms with Crippen LogP contribution >= 0.6 is 12.4 Å². The summed E-state index contributed by atoms with van der Waals surface area (Å²) < 4.78 is 0. The lowest BCUT2D eigenvalue weighted by Crippen LogP contribution is -2.43. The maximum absolute atomic E-state index is 8.98. The SMILES string of the molecule is Cl.OC[C@H]1CC[C@@H](O)CN1. The molecule has 0 aromatic heterocycles. The Labute approximate surface area is 66.8 Å². The number of rotatable bonds is 1. The molecule has 0 saturated carbocycles. The Hall–Kier alpha value is 0.170. The molecule has 0 unspecified atom stereocenters. The van der Waals surface area contributed by atoms with E-state index >= 15 is 0 Å². The number of piperidine rings is 1. The van der Waals surface area contributed by atoms with Crippen LogP contribution in [-0.4, -0.2) is 35.5 Å². The second-order valence-corrected chi connectivity index (χ2v) is 2.52. The molecule has 0 radical (unpaired) electrons. The lowest BCUT2D eigenvalue weighted by atomic mass is 10.0. The highest BCUT2D eigenvalue weighted by Crippen LogP contribution is 2.06. The quantitative estimate of drug-likeness (QED) is 0.494. The average molecular weight is 168 g/mol. The molecule has 1 rings (SSSR count). The summed E-state index contributed by atoms with van der Waals surface area (Å²) in [6, 6.07) is 0.216. The van der Waals surface area contributed by atoms with Crippen LogP contribution in [-0.2, 0) is 0 Å². The average Bonchev–Trinajstić information content (AvgIpc) is 1.90. The van der Waals surface area contributed by atoms with E-state index in [4.69, 9.17) is 10.2 Å². The van der Waals surface area contributed by atoms with Crippen molar-refractivity contribution >= 4 is 12.4 Å². The molecule has 4 heteroatoms. The first-order valence-electron chi connectivity index (χ1n) is 3.35. The van der Waals surface area contributed by atoms with Gasteiger partial charge in [-0.1, -0.05) is 0 Å². The first-order chi connectivity index (χ1) is 4.33. The molecule has 0 bridgehead atoms. The Bertz CT molecular complexity index is 83.8. The van der Waals surface area contributed by atoms with E-state index in [2.05, 4.69) is 5.32 Å². The van der Waals surface area contributed by atoms with Gasteiger partial charge in [0.25, 0.3) is 0 Å². The highest BCUT2D eigenvalue weighted by Gasteiger charge is 2.16. The van der Waals surface area contributed by atoms with Crippen LogP contribution in [0.3, 0.4) is 0 Å². The minimum atomic E-state index is -0.201. The van der Waals surface area contributed by atoms with Crippen LogP contribution in [0.2, 0.25) is 0 Å². The van der Waals surface area contributed by atoms with Crippen LogP contribution in [0.25, 0.3) is 0 Å². The van der Waals surface area contributed by atoms with Crippen molar-refractivity contribution < 1.29 is 10.2 Å². The summed E-state index contributed by atoms with van der Waals surface area (Å²) in [6.07, 6.45) is 1.50. The predicted molar refractivity (Wildman–Crippen MR) is 41.4 cm³/mol. The fourth-order valence-electron chi connectivity index (χ4n) is 1.06. The maximum Gasteiger partial charge on any atom is 0.0665 e. The molecule has 0 aromatic rings. The third-order valence-corrected chi connectivity index (χ3v) is 1.71. The van der Waals surface area contributed by atoms with E-state index in [1.54, 1.807) is 0 Å². The molecule has 1 aliphatic heterocycles. The van der Waals surface area contributed by atoms with E-state index in [0.29, 0.717) is 6.54 Å². The Morgan fingerprint density at radius 2 is 2.10 bits per heavy atom. The summed E-state index contributed by atoms with van der Waals surface area (Å²) >= 11 is 0. The predicted octanol–water partition coefficient (Wildman–Crippen LogP) is -0.487. The monoisotopic (exact) mass is 167 g/mol. The summed E-state index contributed by atoms with van der Waals surface area (Å²) in [5.41, 5.74) is 0. The van der Waals surface area contributed by atoms with E-state index in [-0.39, 0.29) is 31.2 Å². The van der Waals surface area contributed by atoms with E-state index in [1.807, 2.05) is 0 Å². The van der Waals surface area contributed by atoms with Crippen molar-refractivity contribution in [3.8, 4) is 0 Å². The van der Waals surface area contributed by atoms with Gasteiger partial charge in [0.1, 0.15) is 0 Å².